The van der Waals surface area contributed by atoms with E-state index in [1.807, 2.05) is 0 Å². The van der Waals surface area contributed by atoms with E-state index in [1.165, 1.54) is 11.3 Å². The van der Waals surface area contributed by atoms with Gasteiger partial charge in [0.2, 0.25) is 11.8 Å². The maximum Gasteiger partial charge on any atom is 0.235 e. The fourth-order valence-corrected chi connectivity index (χ4v) is 2.64. The van der Waals surface area contributed by atoms with Crippen LogP contribution in [0.25, 0.3) is 0 Å². The number of hydrogen-bond acceptors (Lipinski definition) is 4. The van der Waals surface area contributed by atoms with Crippen molar-refractivity contribution in [2.24, 2.45) is 0 Å². The first-order chi connectivity index (χ1) is 9.45. The average Bonchev–Trinajstić information content (AvgIpc) is 2.95. The van der Waals surface area contributed by atoms with Gasteiger partial charge in [0.1, 0.15) is 0 Å². The molecule has 4 heteroatoms. The second kappa shape index (κ2) is 4.62. The summed E-state index contributed by atoms with van der Waals surface area (Å²) in [5.41, 5.74) is 2.59. The maximum atomic E-state index is 5.81. The zero-order valence-corrected chi connectivity index (χ0v) is 12.6. The molecule has 1 atom stereocenters. The van der Waals surface area contributed by atoms with Crippen molar-refractivity contribution in [3.05, 3.63) is 41.6 Å². The molecular weight excluding hydrogens is 250 g/mol. The Balaban J connectivity index is 1.83. The quantitative estimate of drug-likeness (QED) is 0.840. The number of para-hydroxylation sites is 1. The molecule has 0 saturated carbocycles. The Bertz CT molecular complexity index is 612. The van der Waals surface area contributed by atoms with E-state index in [4.69, 9.17) is 4.42 Å². The molecular formula is C16H21N3O. The molecule has 1 aromatic carbocycles. The first-order valence-corrected chi connectivity index (χ1v) is 7.12. The summed E-state index contributed by atoms with van der Waals surface area (Å²) < 4.78 is 5.81. The molecule has 0 aliphatic carbocycles. The van der Waals surface area contributed by atoms with Gasteiger partial charge in [0.25, 0.3) is 0 Å². The van der Waals surface area contributed by atoms with Crippen LogP contribution in [0.4, 0.5) is 5.69 Å². The van der Waals surface area contributed by atoms with E-state index in [1.54, 1.807) is 0 Å². The summed E-state index contributed by atoms with van der Waals surface area (Å²) in [6.45, 7) is 9.16. The van der Waals surface area contributed by atoms with Crippen LogP contribution >= 0.6 is 0 Å². The molecule has 20 heavy (non-hydrogen) atoms. The van der Waals surface area contributed by atoms with Gasteiger partial charge in [-0.1, -0.05) is 39.0 Å². The van der Waals surface area contributed by atoms with Crippen molar-refractivity contribution < 1.29 is 4.42 Å². The molecule has 1 unspecified atom stereocenters. The first-order valence-electron chi connectivity index (χ1n) is 7.12. The van der Waals surface area contributed by atoms with Gasteiger partial charge in [-0.05, 0) is 25.0 Å². The molecule has 1 aliphatic rings. The van der Waals surface area contributed by atoms with Gasteiger partial charge in [-0.15, -0.1) is 10.2 Å². The van der Waals surface area contributed by atoms with Crippen molar-refractivity contribution in [1.82, 2.24) is 10.2 Å². The molecule has 1 aromatic heterocycles. The van der Waals surface area contributed by atoms with E-state index in [2.05, 4.69) is 67.1 Å². The Labute approximate surface area is 119 Å². The summed E-state index contributed by atoms with van der Waals surface area (Å²) in [7, 11) is 0. The van der Waals surface area contributed by atoms with E-state index in [9.17, 15) is 0 Å². The molecule has 0 bridgehead atoms. The van der Waals surface area contributed by atoms with Crippen LogP contribution in [0.5, 0.6) is 0 Å². The second-order valence-corrected chi connectivity index (χ2v) is 6.56. The minimum Gasteiger partial charge on any atom is -0.423 e. The van der Waals surface area contributed by atoms with Gasteiger partial charge in [-0.2, -0.15) is 0 Å². The molecule has 0 amide bonds. The minimum atomic E-state index is -0.0974. The zero-order valence-electron chi connectivity index (χ0n) is 12.6. The van der Waals surface area contributed by atoms with Crippen molar-refractivity contribution in [3.8, 4) is 0 Å². The number of hydrogen-bond donors (Lipinski definition) is 0. The third-order valence-electron chi connectivity index (χ3n) is 3.76. The first kappa shape index (κ1) is 13.2. The molecule has 2 aromatic rings. The average molecular weight is 271 g/mol. The SMILES string of the molecule is CC1Cc2ccccc2N1Cc1nnc(C(C)(C)C)o1. The third-order valence-corrected chi connectivity index (χ3v) is 3.76. The van der Waals surface area contributed by atoms with Crippen molar-refractivity contribution in [2.75, 3.05) is 4.90 Å². The molecule has 0 spiro atoms. The standard InChI is InChI=1S/C16H21N3O/c1-11-9-12-7-5-6-8-13(12)19(11)10-14-17-18-15(20-14)16(2,3)4/h5-8,11H,9-10H2,1-4H3. The topological polar surface area (TPSA) is 42.2 Å². The Morgan fingerprint density at radius 1 is 1.25 bits per heavy atom. The van der Waals surface area contributed by atoms with Gasteiger partial charge in [0.05, 0.1) is 6.54 Å². The molecule has 0 radical (unpaired) electrons. The molecule has 0 N–H and O–H groups in total. The number of fused-ring (bicyclic) bond motifs is 1. The van der Waals surface area contributed by atoms with Crippen LogP contribution in [0.2, 0.25) is 0 Å². The minimum absolute atomic E-state index is 0.0974. The van der Waals surface area contributed by atoms with Crippen LogP contribution in [0.15, 0.2) is 28.7 Å². The lowest BCUT2D eigenvalue weighted by molar-refractivity contribution is 0.368. The lowest BCUT2D eigenvalue weighted by Crippen LogP contribution is -2.28. The van der Waals surface area contributed by atoms with Crippen LogP contribution in [0.3, 0.4) is 0 Å². The summed E-state index contributed by atoms with van der Waals surface area (Å²) in [6, 6.07) is 9.01. The summed E-state index contributed by atoms with van der Waals surface area (Å²) in [5.74, 6) is 1.39. The molecule has 2 heterocycles. The number of aromatic nitrogens is 2. The lowest BCUT2D eigenvalue weighted by atomic mass is 9.97. The van der Waals surface area contributed by atoms with Gasteiger partial charge < -0.3 is 9.32 Å². The predicted octanol–water partition coefficient (Wildman–Crippen LogP) is 3.32. The summed E-state index contributed by atoms with van der Waals surface area (Å²) >= 11 is 0. The van der Waals surface area contributed by atoms with Crippen LogP contribution < -0.4 is 4.90 Å². The van der Waals surface area contributed by atoms with E-state index < -0.39 is 0 Å². The monoisotopic (exact) mass is 271 g/mol. The summed E-state index contributed by atoms with van der Waals surface area (Å²) in [5, 5.41) is 8.36. The summed E-state index contributed by atoms with van der Waals surface area (Å²) in [4.78, 5) is 2.34. The second-order valence-electron chi connectivity index (χ2n) is 6.56. The van der Waals surface area contributed by atoms with Crippen LogP contribution in [-0.2, 0) is 18.4 Å². The molecule has 106 valence electrons. The fourth-order valence-electron chi connectivity index (χ4n) is 2.64. The molecule has 0 saturated heterocycles. The highest BCUT2D eigenvalue weighted by atomic mass is 16.4. The number of rotatable bonds is 2. The zero-order chi connectivity index (χ0) is 14.3. The number of anilines is 1. The normalized spacial score (nSPS) is 18.4. The highest BCUT2D eigenvalue weighted by molar-refractivity contribution is 5.59. The van der Waals surface area contributed by atoms with E-state index in [0.29, 0.717) is 24.4 Å². The largest absolute Gasteiger partial charge is 0.423 e. The smallest absolute Gasteiger partial charge is 0.235 e. The van der Waals surface area contributed by atoms with Gasteiger partial charge in [0, 0.05) is 17.1 Å². The third kappa shape index (κ3) is 2.30. The fraction of sp³-hybridized carbons (Fsp3) is 0.500. The lowest BCUT2D eigenvalue weighted by Gasteiger charge is -2.22. The Kier molecular flexibility index (Phi) is 3.04. The molecule has 3 rings (SSSR count). The van der Waals surface area contributed by atoms with Gasteiger partial charge in [-0.3, -0.25) is 0 Å². The van der Waals surface area contributed by atoms with Crippen LogP contribution in [-0.4, -0.2) is 16.2 Å². The molecule has 4 nitrogen and oxygen atoms in total. The van der Waals surface area contributed by atoms with E-state index in [-0.39, 0.29) is 5.41 Å². The maximum absolute atomic E-state index is 5.81. The number of benzene rings is 1. The van der Waals surface area contributed by atoms with E-state index >= 15 is 0 Å². The molecule has 0 fully saturated rings. The van der Waals surface area contributed by atoms with Gasteiger partial charge in [-0.25, -0.2) is 0 Å². The van der Waals surface area contributed by atoms with Crippen molar-refractivity contribution in [3.63, 3.8) is 0 Å². The Hall–Kier alpha value is -1.84. The Morgan fingerprint density at radius 2 is 2.00 bits per heavy atom. The summed E-state index contributed by atoms with van der Waals surface area (Å²) in [6.07, 6.45) is 1.08. The van der Waals surface area contributed by atoms with Crippen molar-refractivity contribution in [2.45, 2.75) is 52.1 Å². The van der Waals surface area contributed by atoms with Crippen molar-refractivity contribution >= 4 is 5.69 Å². The van der Waals surface area contributed by atoms with E-state index in [0.717, 1.165) is 6.42 Å². The molecule has 1 aliphatic heterocycles. The highest BCUT2D eigenvalue weighted by Crippen LogP contribution is 2.33. The predicted molar refractivity (Wildman–Crippen MR) is 78.8 cm³/mol. The highest BCUT2D eigenvalue weighted by Gasteiger charge is 2.28. The number of nitrogens with zero attached hydrogens (tertiary/aromatic N) is 3. The Morgan fingerprint density at radius 3 is 2.70 bits per heavy atom. The van der Waals surface area contributed by atoms with Crippen molar-refractivity contribution in [1.29, 1.82) is 0 Å². The van der Waals surface area contributed by atoms with Gasteiger partial charge in [0.15, 0.2) is 0 Å². The van der Waals surface area contributed by atoms with Crippen LogP contribution in [0, 0.1) is 0 Å². The van der Waals surface area contributed by atoms with Crippen LogP contribution in [0.1, 0.15) is 45.0 Å². The van der Waals surface area contributed by atoms with Gasteiger partial charge >= 0.3 is 0 Å².